The molecule has 37 heavy (non-hydrogen) atoms. The molecule has 1 N–H and O–H groups in total. The number of hydrogen-bond acceptors (Lipinski definition) is 5. The van der Waals surface area contributed by atoms with E-state index in [-0.39, 0.29) is 11.9 Å². The molecular weight excluding hydrogens is 502 g/mol. The number of aryl methyl sites for hydroxylation is 1. The fraction of sp³-hybridized carbons (Fsp3) is 0.333. The van der Waals surface area contributed by atoms with Gasteiger partial charge in [0.05, 0.1) is 12.1 Å². The first-order chi connectivity index (χ1) is 18.0. The third-order valence-electron chi connectivity index (χ3n) is 7.39. The molecule has 0 bridgehead atoms. The summed E-state index contributed by atoms with van der Waals surface area (Å²) in [5.74, 6) is 0.769. The van der Waals surface area contributed by atoms with Crippen molar-refractivity contribution in [3.8, 4) is 16.9 Å². The van der Waals surface area contributed by atoms with Crippen molar-refractivity contribution in [2.45, 2.75) is 51.2 Å². The molecule has 1 amide bonds. The first kappa shape index (κ1) is 25.7. The predicted octanol–water partition coefficient (Wildman–Crippen LogP) is 7.11. The quantitative estimate of drug-likeness (QED) is 0.275. The van der Waals surface area contributed by atoms with Crippen molar-refractivity contribution in [3.63, 3.8) is 0 Å². The molecule has 5 rings (SSSR count). The number of ether oxygens (including phenoxy) is 1. The van der Waals surface area contributed by atoms with Gasteiger partial charge in [-0.2, -0.15) is 0 Å². The number of halogens is 1. The number of amides is 1. The summed E-state index contributed by atoms with van der Waals surface area (Å²) in [7, 11) is 3.70. The Morgan fingerprint density at radius 3 is 2.57 bits per heavy atom. The summed E-state index contributed by atoms with van der Waals surface area (Å²) < 4.78 is 6.79. The molecular formula is C30H32ClN3O2S. The van der Waals surface area contributed by atoms with E-state index < -0.39 is 0 Å². The van der Waals surface area contributed by atoms with E-state index in [9.17, 15) is 4.79 Å². The van der Waals surface area contributed by atoms with Crippen LogP contribution in [0.4, 0.5) is 0 Å². The van der Waals surface area contributed by atoms with E-state index in [1.54, 1.807) is 7.11 Å². The lowest BCUT2D eigenvalue weighted by molar-refractivity contribution is 0.0604. The molecule has 1 fully saturated rings. The van der Waals surface area contributed by atoms with Gasteiger partial charge in [-0.25, -0.2) is 0 Å². The van der Waals surface area contributed by atoms with Crippen LogP contribution >= 0.6 is 22.9 Å². The normalized spacial score (nSPS) is 17.6. The van der Waals surface area contributed by atoms with E-state index in [1.165, 1.54) is 11.3 Å². The summed E-state index contributed by atoms with van der Waals surface area (Å²) in [6.45, 7) is 2.45. The number of methoxy groups -OCH3 is 1. The molecule has 0 radical (unpaired) electrons. The van der Waals surface area contributed by atoms with Crippen molar-refractivity contribution in [1.29, 1.82) is 0 Å². The molecule has 2 aromatic heterocycles. The fourth-order valence-corrected chi connectivity index (χ4v) is 6.78. The largest absolute Gasteiger partial charge is 0.496 e. The van der Waals surface area contributed by atoms with Crippen molar-refractivity contribution in [3.05, 3.63) is 82.0 Å². The van der Waals surface area contributed by atoms with Gasteiger partial charge >= 0.3 is 0 Å². The molecule has 0 aliphatic heterocycles. The average molecular weight is 534 g/mol. The van der Waals surface area contributed by atoms with Crippen LogP contribution < -0.4 is 10.1 Å². The van der Waals surface area contributed by atoms with Crippen molar-refractivity contribution in [2.24, 2.45) is 0 Å². The van der Waals surface area contributed by atoms with Gasteiger partial charge in [0.15, 0.2) is 0 Å². The monoisotopic (exact) mass is 533 g/mol. The maximum Gasteiger partial charge on any atom is 0.266 e. The van der Waals surface area contributed by atoms with Gasteiger partial charge in [0.25, 0.3) is 5.91 Å². The zero-order chi connectivity index (χ0) is 25.9. The Bertz CT molecular complexity index is 1410. The van der Waals surface area contributed by atoms with Gasteiger partial charge in [-0.3, -0.25) is 9.78 Å². The van der Waals surface area contributed by atoms with Crippen LogP contribution in [0.5, 0.6) is 5.75 Å². The van der Waals surface area contributed by atoms with Gasteiger partial charge in [-0.05, 0) is 81.1 Å². The molecule has 0 saturated heterocycles. The third kappa shape index (κ3) is 5.37. The topological polar surface area (TPSA) is 54.5 Å². The SMILES string of the molecule is CN[C@H]1CC[C@@H](N(Cc2cc(-c3ccnc(C)c3)ccc2OC)C(=O)c2sc3ccccc3c2Cl)CC1. The second-order valence-corrected chi connectivity index (χ2v) is 11.1. The van der Waals surface area contributed by atoms with Crippen LogP contribution in [-0.2, 0) is 6.54 Å². The molecule has 0 unspecified atom stereocenters. The van der Waals surface area contributed by atoms with Crippen LogP contribution in [0.25, 0.3) is 21.2 Å². The molecule has 0 spiro atoms. The summed E-state index contributed by atoms with van der Waals surface area (Å²) in [6, 6.07) is 18.9. The summed E-state index contributed by atoms with van der Waals surface area (Å²) in [4.78, 5) is 21.1. The number of nitrogens with zero attached hydrogens (tertiary/aromatic N) is 2. The highest BCUT2D eigenvalue weighted by atomic mass is 35.5. The molecule has 192 valence electrons. The molecule has 4 aromatic rings. The Labute approximate surface area is 227 Å². The minimum atomic E-state index is -0.00804. The number of carbonyl (C=O) groups is 1. The third-order valence-corrected chi connectivity index (χ3v) is 9.05. The number of thiophene rings is 1. The Hall–Kier alpha value is -2.93. The number of nitrogens with one attached hydrogen (secondary N) is 1. The Kier molecular flexibility index (Phi) is 7.79. The predicted molar refractivity (Wildman–Crippen MR) is 153 cm³/mol. The van der Waals surface area contributed by atoms with Crippen molar-refractivity contribution < 1.29 is 9.53 Å². The van der Waals surface area contributed by atoms with Crippen molar-refractivity contribution >= 4 is 38.9 Å². The van der Waals surface area contributed by atoms with Crippen LogP contribution in [0.1, 0.15) is 46.6 Å². The molecule has 2 aromatic carbocycles. The number of carbonyl (C=O) groups excluding carboxylic acids is 1. The molecule has 7 heteroatoms. The highest BCUT2D eigenvalue weighted by Gasteiger charge is 2.32. The molecule has 0 atom stereocenters. The summed E-state index contributed by atoms with van der Waals surface area (Å²) in [5.41, 5.74) is 4.12. The first-order valence-corrected chi connectivity index (χ1v) is 13.9. The second-order valence-electron chi connectivity index (χ2n) is 9.68. The minimum Gasteiger partial charge on any atom is -0.496 e. The molecule has 5 nitrogen and oxygen atoms in total. The van der Waals surface area contributed by atoms with Crippen molar-refractivity contribution in [1.82, 2.24) is 15.2 Å². The highest BCUT2D eigenvalue weighted by molar-refractivity contribution is 7.21. The number of rotatable bonds is 7. The molecule has 1 saturated carbocycles. The van der Waals surface area contributed by atoms with Gasteiger partial charge < -0.3 is 15.0 Å². The maximum absolute atomic E-state index is 14.2. The average Bonchev–Trinajstić information content (AvgIpc) is 3.27. The molecule has 2 heterocycles. The van der Waals surface area contributed by atoms with Crippen LogP contribution in [0, 0.1) is 6.92 Å². The summed E-state index contributed by atoms with van der Waals surface area (Å²) in [6.07, 6.45) is 5.81. The van der Waals surface area contributed by atoms with Crippen LogP contribution in [0.15, 0.2) is 60.8 Å². The lowest BCUT2D eigenvalue weighted by Gasteiger charge is -2.37. The fourth-order valence-electron chi connectivity index (χ4n) is 5.32. The number of aromatic nitrogens is 1. The number of benzene rings is 2. The van der Waals surface area contributed by atoms with E-state index in [1.807, 2.05) is 61.5 Å². The van der Waals surface area contributed by atoms with E-state index in [4.69, 9.17) is 16.3 Å². The Morgan fingerprint density at radius 2 is 1.86 bits per heavy atom. The lowest BCUT2D eigenvalue weighted by atomic mass is 9.89. The molecule has 1 aliphatic rings. The summed E-state index contributed by atoms with van der Waals surface area (Å²) >= 11 is 8.26. The van der Waals surface area contributed by atoms with Crippen LogP contribution in [0.2, 0.25) is 5.02 Å². The summed E-state index contributed by atoms with van der Waals surface area (Å²) in [5, 5.41) is 4.88. The zero-order valence-electron chi connectivity index (χ0n) is 21.5. The van der Waals surface area contributed by atoms with Gasteiger partial charge in [0.2, 0.25) is 0 Å². The maximum atomic E-state index is 14.2. The number of pyridine rings is 1. The van der Waals surface area contributed by atoms with Crippen LogP contribution in [-0.4, -0.2) is 42.0 Å². The molecule has 1 aliphatic carbocycles. The highest BCUT2D eigenvalue weighted by Crippen LogP contribution is 2.38. The second kappa shape index (κ2) is 11.2. The van der Waals surface area contributed by atoms with E-state index in [2.05, 4.69) is 28.5 Å². The van der Waals surface area contributed by atoms with E-state index in [0.717, 1.165) is 63.9 Å². The van der Waals surface area contributed by atoms with Gasteiger partial charge in [-0.15, -0.1) is 11.3 Å². The Morgan fingerprint density at radius 1 is 1.11 bits per heavy atom. The van der Waals surface area contributed by atoms with Gasteiger partial charge in [0, 0.05) is 46.2 Å². The smallest absolute Gasteiger partial charge is 0.266 e. The van der Waals surface area contributed by atoms with E-state index >= 15 is 0 Å². The zero-order valence-corrected chi connectivity index (χ0v) is 23.0. The van der Waals surface area contributed by atoms with Gasteiger partial charge in [0.1, 0.15) is 10.6 Å². The number of fused-ring (bicyclic) bond motifs is 1. The lowest BCUT2D eigenvalue weighted by Crippen LogP contribution is -2.44. The van der Waals surface area contributed by atoms with Crippen molar-refractivity contribution in [2.75, 3.05) is 14.2 Å². The first-order valence-electron chi connectivity index (χ1n) is 12.7. The van der Waals surface area contributed by atoms with E-state index in [0.29, 0.717) is 22.5 Å². The Balaban J connectivity index is 1.53. The minimum absolute atomic E-state index is 0.00804. The van der Waals surface area contributed by atoms with Crippen LogP contribution in [0.3, 0.4) is 0 Å². The standard InChI is InChI=1S/C30H32ClN3O2S/c1-19-16-21(14-15-33-19)20-8-13-26(36-3)22(17-20)18-34(24-11-9-23(32-2)10-12-24)30(35)29-28(31)25-6-4-5-7-27(25)37-29/h4-8,13-17,23-24,32H,9-12,18H2,1-3H3/t23-,24+. The number of hydrogen-bond donors (Lipinski definition) is 1. The van der Waals surface area contributed by atoms with Gasteiger partial charge in [-0.1, -0.05) is 35.9 Å².